The summed E-state index contributed by atoms with van der Waals surface area (Å²) in [5, 5.41) is 12.3. The van der Waals surface area contributed by atoms with Gasteiger partial charge in [-0.05, 0) is 17.7 Å². The van der Waals surface area contributed by atoms with Crippen molar-refractivity contribution < 1.29 is 19.4 Å². The molecule has 0 aromatic heterocycles. The first-order valence-corrected chi connectivity index (χ1v) is 7.17. The van der Waals surface area contributed by atoms with Crippen LogP contribution in [0.1, 0.15) is 11.7 Å². The summed E-state index contributed by atoms with van der Waals surface area (Å²) in [4.78, 5) is 13.0. The summed E-state index contributed by atoms with van der Waals surface area (Å²) in [5.41, 5.74) is 2.04. The van der Waals surface area contributed by atoms with E-state index in [1.54, 1.807) is 7.11 Å². The van der Waals surface area contributed by atoms with E-state index in [1.807, 2.05) is 17.0 Å². The van der Waals surface area contributed by atoms with E-state index in [0.717, 1.165) is 30.1 Å². The van der Waals surface area contributed by atoms with Gasteiger partial charge in [0.25, 0.3) is 0 Å². The molecule has 0 unspecified atom stereocenters. The Morgan fingerprint density at radius 3 is 2.90 bits per heavy atom. The molecule has 0 spiro atoms. The molecule has 2 heterocycles. The number of carboxylic acids is 1. The van der Waals surface area contributed by atoms with Crippen LogP contribution in [-0.4, -0.2) is 51.0 Å². The summed E-state index contributed by atoms with van der Waals surface area (Å²) >= 11 is 0. The molecule has 0 amide bonds. The monoisotopic (exact) mass is 292 g/mol. The first kappa shape index (κ1) is 14.2. The molecule has 1 atom stereocenters. The van der Waals surface area contributed by atoms with Crippen molar-refractivity contribution in [3.05, 3.63) is 23.8 Å². The summed E-state index contributed by atoms with van der Waals surface area (Å²) < 4.78 is 11.2. The Balaban J connectivity index is 1.79. The number of nitrogens with one attached hydrogen (secondary N) is 1. The highest BCUT2D eigenvalue weighted by Gasteiger charge is 2.34. The Kier molecular flexibility index (Phi) is 3.98. The molecule has 3 rings (SSSR count). The summed E-state index contributed by atoms with van der Waals surface area (Å²) in [7, 11) is 1.63. The number of benzene rings is 1. The molecule has 2 aliphatic rings. The summed E-state index contributed by atoms with van der Waals surface area (Å²) in [6.45, 7) is 3.43. The third-order valence-electron chi connectivity index (χ3n) is 4.07. The highest BCUT2D eigenvalue weighted by Crippen LogP contribution is 2.36. The van der Waals surface area contributed by atoms with Gasteiger partial charge in [0, 0.05) is 26.2 Å². The maximum Gasteiger partial charge on any atom is 0.310 e. The van der Waals surface area contributed by atoms with Crippen molar-refractivity contribution in [1.82, 2.24) is 5.32 Å². The lowest BCUT2D eigenvalue weighted by molar-refractivity contribution is -0.142. The van der Waals surface area contributed by atoms with Gasteiger partial charge in [-0.15, -0.1) is 0 Å². The molecule has 2 saturated heterocycles. The molecule has 2 aliphatic heterocycles. The summed E-state index contributed by atoms with van der Waals surface area (Å²) in [5.74, 6) is -0.251. The van der Waals surface area contributed by atoms with E-state index in [4.69, 9.17) is 14.6 Å². The van der Waals surface area contributed by atoms with Gasteiger partial charge in [0.1, 0.15) is 5.75 Å². The third kappa shape index (κ3) is 2.82. The van der Waals surface area contributed by atoms with E-state index in [-0.39, 0.29) is 12.0 Å². The fourth-order valence-corrected chi connectivity index (χ4v) is 2.77. The minimum Gasteiger partial charge on any atom is -0.495 e. The van der Waals surface area contributed by atoms with E-state index in [0.29, 0.717) is 19.7 Å². The molecular formula is C15H20N2O4. The van der Waals surface area contributed by atoms with E-state index >= 15 is 0 Å². The number of anilines is 1. The normalized spacial score (nSPS) is 22.7. The Hall–Kier alpha value is -1.79. The first-order valence-electron chi connectivity index (χ1n) is 7.17. The molecule has 114 valence electrons. The second-order valence-corrected chi connectivity index (χ2v) is 5.43. The third-order valence-corrected chi connectivity index (χ3v) is 4.07. The molecule has 6 nitrogen and oxygen atoms in total. The predicted molar refractivity (Wildman–Crippen MR) is 77.9 cm³/mol. The Morgan fingerprint density at radius 2 is 2.29 bits per heavy atom. The highest BCUT2D eigenvalue weighted by atomic mass is 16.5. The van der Waals surface area contributed by atoms with Gasteiger partial charge in [0.05, 0.1) is 31.4 Å². The molecular weight excluding hydrogens is 272 g/mol. The first-order chi connectivity index (χ1) is 10.2. The second kappa shape index (κ2) is 5.91. The number of nitrogens with zero attached hydrogens (tertiary/aromatic N) is 1. The number of carbonyl (C=O) groups is 1. The average molecular weight is 292 g/mol. The van der Waals surface area contributed by atoms with Gasteiger partial charge in [-0.3, -0.25) is 4.79 Å². The van der Waals surface area contributed by atoms with Crippen LogP contribution in [0.4, 0.5) is 5.69 Å². The van der Waals surface area contributed by atoms with Crippen molar-refractivity contribution in [2.45, 2.75) is 6.10 Å². The largest absolute Gasteiger partial charge is 0.495 e. The summed E-state index contributed by atoms with van der Waals surface area (Å²) in [6.07, 6.45) is 0.0416. The number of rotatable bonds is 4. The lowest BCUT2D eigenvalue weighted by atomic mass is 9.98. The van der Waals surface area contributed by atoms with Crippen molar-refractivity contribution in [2.75, 3.05) is 44.8 Å². The number of hydrogen-bond acceptors (Lipinski definition) is 5. The topological polar surface area (TPSA) is 71.0 Å². The zero-order valence-electron chi connectivity index (χ0n) is 12.0. The molecule has 2 N–H and O–H groups in total. The molecule has 0 aliphatic carbocycles. The van der Waals surface area contributed by atoms with Crippen molar-refractivity contribution in [1.29, 1.82) is 0 Å². The van der Waals surface area contributed by atoms with Crippen LogP contribution < -0.4 is 15.0 Å². The number of methoxy groups -OCH3 is 1. The van der Waals surface area contributed by atoms with Crippen LogP contribution in [-0.2, 0) is 9.53 Å². The van der Waals surface area contributed by atoms with Gasteiger partial charge in [-0.2, -0.15) is 0 Å². The molecule has 0 bridgehead atoms. The van der Waals surface area contributed by atoms with Gasteiger partial charge in [0.15, 0.2) is 0 Å². The standard InChI is InChI=1S/C15H20N2O4/c1-20-13-3-2-10(14-7-16-4-5-21-14)6-12(13)17-8-11(9-17)15(18)19/h2-3,6,11,14,16H,4-5,7-9H2,1H3,(H,18,19)/t14-/m0/s1. The summed E-state index contributed by atoms with van der Waals surface area (Å²) in [6, 6.07) is 5.99. The molecule has 0 saturated carbocycles. The Morgan fingerprint density at radius 1 is 1.48 bits per heavy atom. The van der Waals surface area contributed by atoms with E-state index < -0.39 is 5.97 Å². The van der Waals surface area contributed by atoms with Crippen molar-refractivity contribution in [3.8, 4) is 5.75 Å². The highest BCUT2D eigenvalue weighted by molar-refractivity contribution is 5.75. The number of ether oxygens (including phenoxy) is 2. The zero-order valence-corrected chi connectivity index (χ0v) is 12.0. The number of carboxylic acid groups (broad SMARTS) is 1. The van der Waals surface area contributed by atoms with Gasteiger partial charge in [-0.1, -0.05) is 6.07 Å². The lowest BCUT2D eigenvalue weighted by Crippen LogP contribution is -2.50. The maximum atomic E-state index is 10.9. The lowest BCUT2D eigenvalue weighted by Gasteiger charge is -2.39. The zero-order chi connectivity index (χ0) is 14.8. The van der Waals surface area contributed by atoms with E-state index in [2.05, 4.69) is 11.4 Å². The van der Waals surface area contributed by atoms with Crippen molar-refractivity contribution in [2.24, 2.45) is 5.92 Å². The molecule has 1 aromatic carbocycles. The van der Waals surface area contributed by atoms with Gasteiger partial charge < -0.3 is 24.8 Å². The van der Waals surface area contributed by atoms with Gasteiger partial charge >= 0.3 is 5.97 Å². The van der Waals surface area contributed by atoms with Gasteiger partial charge in [0.2, 0.25) is 0 Å². The molecule has 2 fully saturated rings. The predicted octanol–water partition coefficient (Wildman–Crippen LogP) is 0.877. The van der Waals surface area contributed by atoms with Crippen LogP contribution in [0.15, 0.2) is 18.2 Å². The Labute approximate surface area is 123 Å². The van der Waals surface area contributed by atoms with Crippen molar-refractivity contribution in [3.63, 3.8) is 0 Å². The van der Waals surface area contributed by atoms with Crippen LogP contribution >= 0.6 is 0 Å². The fraction of sp³-hybridized carbons (Fsp3) is 0.533. The molecule has 1 aromatic rings. The number of morpholine rings is 1. The smallest absolute Gasteiger partial charge is 0.310 e. The second-order valence-electron chi connectivity index (χ2n) is 5.43. The van der Waals surface area contributed by atoms with Crippen LogP contribution in [0.5, 0.6) is 5.75 Å². The van der Waals surface area contributed by atoms with Crippen molar-refractivity contribution >= 4 is 11.7 Å². The van der Waals surface area contributed by atoms with E-state index in [1.165, 1.54) is 0 Å². The molecule has 0 radical (unpaired) electrons. The van der Waals surface area contributed by atoms with Crippen LogP contribution in [0.3, 0.4) is 0 Å². The minimum absolute atomic E-state index is 0.0416. The quantitative estimate of drug-likeness (QED) is 0.858. The maximum absolute atomic E-state index is 10.9. The van der Waals surface area contributed by atoms with Crippen LogP contribution in [0.2, 0.25) is 0 Å². The van der Waals surface area contributed by atoms with E-state index in [9.17, 15) is 4.79 Å². The Bertz CT molecular complexity index is 522. The molecule has 21 heavy (non-hydrogen) atoms. The minimum atomic E-state index is -0.735. The fourth-order valence-electron chi connectivity index (χ4n) is 2.77. The van der Waals surface area contributed by atoms with Crippen LogP contribution in [0, 0.1) is 5.92 Å². The van der Waals surface area contributed by atoms with Crippen LogP contribution in [0.25, 0.3) is 0 Å². The van der Waals surface area contributed by atoms with Gasteiger partial charge in [-0.25, -0.2) is 0 Å². The number of aliphatic carboxylic acids is 1. The molecule has 6 heteroatoms. The number of hydrogen-bond donors (Lipinski definition) is 2. The average Bonchev–Trinajstić information content (AvgIpc) is 2.46. The SMILES string of the molecule is COc1ccc([C@@H]2CNCCO2)cc1N1CC(C(=O)O)C1.